The van der Waals surface area contributed by atoms with Gasteiger partial charge in [0.05, 0.1) is 22.7 Å². The van der Waals surface area contributed by atoms with Gasteiger partial charge in [0, 0.05) is 0 Å². The van der Waals surface area contributed by atoms with E-state index in [-0.39, 0.29) is 0 Å². The molecule has 0 aromatic carbocycles. The van der Waals surface area contributed by atoms with Crippen molar-refractivity contribution < 1.29 is 0 Å². The van der Waals surface area contributed by atoms with Crippen molar-refractivity contribution in [2.24, 2.45) is 0 Å². The molecular weight excluding hydrogens is 204 g/mol. The maximum Gasteiger partial charge on any atom is 0.295 e. The molecule has 2 aromatic heterocycles. The second kappa shape index (κ2) is 3.24. The van der Waals surface area contributed by atoms with E-state index in [1.54, 1.807) is 0 Å². The largest absolute Gasteiger partial charge is 0.295 e. The van der Waals surface area contributed by atoms with Crippen LogP contribution >= 0.6 is 34.0 Å². The van der Waals surface area contributed by atoms with E-state index in [9.17, 15) is 0 Å². The number of aryl methyl sites for hydroxylation is 2. The summed E-state index contributed by atoms with van der Waals surface area (Å²) in [4.78, 5) is 4.30. The maximum absolute atomic E-state index is 2.19. The lowest BCUT2D eigenvalue weighted by Crippen LogP contribution is -1.58. The van der Waals surface area contributed by atoms with Crippen LogP contribution in [0.2, 0.25) is 0 Å². The van der Waals surface area contributed by atoms with Gasteiger partial charge in [0.25, 0.3) is 4.19 Å². The molecule has 0 radical (unpaired) electrons. The molecule has 0 aliphatic carbocycles. The van der Waals surface area contributed by atoms with Crippen molar-refractivity contribution in [2.45, 2.75) is 13.8 Å². The lowest BCUT2D eigenvalue weighted by Gasteiger charge is -1.73. The smallest absolute Gasteiger partial charge is 0.138 e. The minimum Gasteiger partial charge on any atom is -0.138 e. The van der Waals surface area contributed by atoms with Gasteiger partial charge in [-0.25, -0.2) is 0 Å². The molecule has 3 heteroatoms. The van der Waals surface area contributed by atoms with E-state index in [0.717, 1.165) is 0 Å². The molecule has 0 atom stereocenters. The molecular formula is C9H9S3+. The third-order valence-electron chi connectivity index (χ3n) is 1.71. The van der Waals surface area contributed by atoms with E-state index >= 15 is 0 Å². The molecule has 0 aliphatic rings. The summed E-state index contributed by atoms with van der Waals surface area (Å²) in [7, 11) is 0. The summed E-state index contributed by atoms with van der Waals surface area (Å²) in [5, 5.41) is 2.13. The van der Waals surface area contributed by atoms with Crippen LogP contribution in [0, 0.1) is 13.8 Å². The highest BCUT2D eigenvalue weighted by Gasteiger charge is 2.18. The Labute approximate surface area is 84.1 Å². The average Bonchev–Trinajstić information content (AvgIpc) is 2.61. The molecule has 62 valence electrons. The second-order valence-electron chi connectivity index (χ2n) is 2.58. The zero-order chi connectivity index (χ0) is 8.55. The van der Waals surface area contributed by atoms with Crippen molar-refractivity contribution in [1.82, 2.24) is 0 Å². The number of rotatable bonds is 1. The van der Waals surface area contributed by atoms with Crippen LogP contribution < -0.4 is 0 Å². The molecule has 0 bridgehead atoms. The molecule has 0 unspecified atom stereocenters. The van der Waals surface area contributed by atoms with Gasteiger partial charge in [-0.1, -0.05) is 6.07 Å². The van der Waals surface area contributed by atoms with Crippen LogP contribution in [0.3, 0.4) is 0 Å². The quantitative estimate of drug-likeness (QED) is 0.614. The summed E-state index contributed by atoms with van der Waals surface area (Å²) in [6.07, 6.45) is 0. The molecule has 2 rings (SSSR count). The van der Waals surface area contributed by atoms with Gasteiger partial charge in [-0.2, -0.15) is 0 Å². The van der Waals surface area contributed by atoms with Gasteiger partial charge >= 0.3 is 0 Å². The first-order valence-electron chi connectivity index (χ1n) is 3.71. The Hall–Kier alpha value is -0.250. The van der Waals surface area contributed by atoms with Crippen molar-refractivity contribution in [2.75, 3.05) is 0 Å². The van der Waals surface area contributed by atoms with E-state index in [4.69, 9.17) is 0 Å². The molecule has 0 aliphatic heterocycles. The Kier molecular flexibility index (Phi) is 2.26. The average molecular weight is 213 g/mol. The molecule has 2 heterocycles. The van der Waals surface area contributed by atoms with Crippen LogP contribution in [-0.2, 0) is 0 Å². The third kappa shape index (κ3) is 1.44. The zero-order valence-electron chi connectivity index (χ0n) is 6.96. The van der Waals surface area contributed by atoms with E-state index in [0.29, 0.717) is 0 Å². The van der Waals surface area contributed by atoms with Gasteiger partial charge in [-0.05, 0) is 25.3 Å². The summed E-state index contributed by atoms with van der Waals surface area (Å²) >= 11 is 5.62. The molecule has 0 spiro atoms. The molecule has 0 nitrogen and oxygen atoms in total. The Morgan fingerprint density at radius 1 is 1.33 bits per heavy atom. The summed E-state index contributed by atoms with van der Waals surface area (Å²) < 4.78 is 1.44. The SMILES string of the molecule is Cc1sc(-c2cccs2)[s+]c1C. The van der Waals surface area contributed by atoms with E-state index < -0.39 is 0 Å². The first-order valence-corrected chi connectivity index (χ1v) is 6.22. The monoisotopic (exact) mass is 213 g/mol. The van der Waals surface area contributed by atoms with Crippen LogP contribution in [0.15, 0.2) is 17.5 Å². The summed E-state index contributed by atoms with van der Waals surface area (Å²) in [5.74, 6) is 0. The van der Waals surface area contributed by atoms with Crippen molar-refractivity contribution >= 4 is 34.0 Å². The highest BCUT2D eigenvalue weighted by molar-refractivity contribution is 7.38. The van der Waals surface area contributed by atoms with Gasteiger partial charge in [0.15, 0.2) is 0 Å². The third-order valence-corrected chi connectivity index (χ3v) is 5.52. The summed E-state index contributed by atoms with van der Waals surface area (Å²) in [5.41, 5.74) is 0. The molecule has 0 saturated carbocycles. The first-order chi connectivity index (χ1) is 5.77. The highest BCUT2D eigenvalue weighted by Crippen LogP contribution is 2.37. The molecule has 12 heavy (non-hydrogen) atoms. The molecule has 0 fully saturated rings. The normalized spacial score (nSPS) is 10.5. The van der Waals surface area contributed by atoms with Crippen LogP contribution in [0.5, 0.6) is 0 Å². The van der Waals surface area contributed by atoms with Crippen molar-refractivity contribution in [3.63, 3.8) is 0 Å². The maximum atomic E-state index is 2.19. The van der Waals surface area contributed by atoms with Crippen LogP contribution in [-0.4, -0.2) is 0 Å². The van der Waals surface area contributed by atoms with E-state index in [1.165, 1.54) is 18.8 Å². The fourth-order valence-corrected chi connectivity index (χ4v) is 4.38. The predicted octanol–water partition coefficient (Wildman–Crippen LogP) is 4.44. The van der Waals surface area contributed by atoms with Crippen LogP contribution in [0.1, 0.15) is 9.75 Å². The minimum atomic E-state index is 1.40. The van der Waals surface area contributed by atoms with E-state index in [2.05, 4.69) is 31.4 Å². The van der Waals surface area contributed by atoms with Crippen LogP contribution in [0.25, 0.3) is 9.07 Å². The lowest BCUT2D eigenvalue weighted by atomic mass is 10.5. The van der Waals surface area contributed by atoms with Crippen molar-refractivity contribution in [3.05, 3.63) is 27.3 Å². The molecule has 2 aromatic rings. The Morgan fingerprint density at radius 3 is 2.67 bits per heavy atom. The lowest BCUT2D eigenvalue weighted by molar-refractivity contribution is 1.51. The van der Waals surface area contributed by atoms with E-state index in [1.807, 2.05) is 34.0 Å². The second-order valence-corrected chi connectivity index (χ2v) is 6.24. The molecule has 0 N–H and O–H groups in total. The fourth-order valence-electron chi connectivity index (χ4n) is 0.938. The Morgan fingerprint density at radius 2 is 2.17 bits per heavy atom. The van der Waals surface area contributed by atoms with Gasteiger partial charge in [0.2, 0.25) is 0 Å². The van der Waals surface area contributed by atoms with Gasteiger partial charge in [-0.3, -0.25) is 0 Å². The molecule has 0 saturated heterocycles. The highest BCUT2D eigenvalue weighted by atomic mass is 32.2. The zero-order valence-corrected chi connectivity index (χ0v) is 9.41. The van der Waals surface area contributed by atoms with Crippen molar-refractivity contribution in [1.29, 1.82) is 0 Å². The van der Waals surface area contributed by atoms with Gasteiger partial charge in [-0.15, -0.1) is 11.3 Å². The summed E-state index contributed by atoms with van der Waals surface area (Å²) in [6, 6.07) is 4.29. The van der Waals surface area contributed by atoms with Gasteiger partial charge in [0.1, 0.15) is 14.6 Å². The number of hydrogen-bond acceptors (Lipinski definition) is 2. The minimum absolute atomic E-state index is 1.40. The summed E-state index contributed by atoms with van der Waals surface area (Å²) in [6.45, 7) is 4.38. The first kappa shape index (κ1) is 8.35. The van der Waals surface area contributed by atoms with Gasteiger partial charge < -0.3 is 0 Å². The Bertz CT molecular complexity index is 351. The van der Waals surface area contributed by atoms with Crippen molar-refractivity contribution in [3.8, 4) is 9.07 Å². The number of hydrogen-bond donors (Lipinski definition) is 0. The topological polar surface area (TPSA) is 0 Å². The van der Waals surface area contributed by atoms with Crippen LogP contribution in [0.4, 0.5) is 0 Å². The predicted molar refractivity (Wildman–Crippen MR) is 59.4 cm³/mol. The molecule has 0 amide bonds. The fraction of sp³-hybridized carbons (Fsp3) is 0.222. The number of thiophene rings is 1. The Balaban J connectivity index is 2.48. The standard InChI is InChI=1S/C9H9S3/c1-6-7(2)12-9(11-6)8-4-3-5-10-8/h3-5H,1-2H3/q+1.